The Bertz CT molecular complexity index is 196. The van der Waals surface area contributed by atoms with Gasteiger partial charge in [0, 0.05) is 26.1 Å². The van der Waals surface area contributed by atoms with Crippen molar-refractivity contribution in [2.45, 2.75) is 32.2 Å². The largest absolute Gasteiger partial charge is 0.355 e. The standard InChI is InChI=1S/C10H19N3/c1-2-12-7-9(8-12)13-6-4-3-5-10(13)11/h9,11H,2-8H2,1H3. The SMILES string of the molecule is CCN1CC(N2CCCCC2=N)C1. The molecule has 3 nitrogen and oxygen atoms in total. The molecule has 2 heterocycles. The molecular weight excluding hydrogens is 162 g/mol. The third kappa shape index (κ3) is 1.70. The van der Waals surface area contributed by atoms with E-state index < -0.39 is 0 Å². The van der Waals surface area contributed by atoms with Gasteiger partial charge in [-0.2, -0.15) is 0 Å². The van der Waals surface area contributed by atoms with Gasteiger partial charge in [-0.25, -0.2) is 0 Å². The van der Waals surface area contributed by atoms with Gasteiger partial charge in [-0.15, -0.1) is 0 Å². The molecule has 2 saturated heterocycles. The molecule has 2 aliphatic rings. The first-order chi connectivity index (χ1) is 6.31. The Morgan fingerprint density at radius 1 is 1.38 bits per heavy atom. The van der Waals surface area contributed by atoms with Gasteiger partial charge in [0.1, 0.15) is 0 Å². The first-order valence-electron chi connectivity index (χ1n) is 5.37. The number of amidine groups is 1. The van der Waals surface area contributed by atoms with Gasteiger partial charge < -0.3 is 4.90 Å². The molecule has 0 amide bonds. The van der Waals surface area contributed by atoms with Crippen LogP contribution in [0, 0.1) is 5.41 Å². The maximum Gasteiger partial charge on any atom is 0.0961 e. The molecule has 2 rings (SSSR count). The molecule has 0 radical (unpaired) electrons. The van der Waals surface area contributed by atoms with Gasteiger partial charge in [-0.05, 0) is 19.4 Å². The van der Waals surface area contributed by atoms with Crippen molar-refractivity contribution in [3.8, 4) is 0 Å². The second-order valence-corrected chi connectivity index (χ2v) is 4.10. The van der Waals surface area contributed by atoms with Crippen LogP contribution in [0.25, 0.3) is 0 Å². The smallest absolute Gasteiger partial charge is 0.0961 e. The summed E-state index contributed by atoms with van der Waals surface area (Å²) >= 11 is 0. The minimum Gasteiger partial charge on any atom is -0.355 e. The molecule has 2 aliphatic heterocycles. The summed E-state index contributed by atoms with van der Waals surface area (Å²) in [5, 5.41) is 7.84. The van der Waals surface area contributed by atoms with Gasteiger partial charge in [0.15, 0.2) is 0 Å². The summed E-state index contributed by atoms with van der Waals surface area (Å²) in [4.78, 5) is 4.75. The number of piperidine rings is 1. The third-order valence-electron chi connectivity index (χ3n) is 3.24. The molecule has 2 fully saturated rings. The molecular formula is C10H19N3. The summed E-state index contributed by atoms with van der Waals surface area (Å²) in [6.07, 6.45) is 3.51. The quantitative estimate of drug-likeness (QED) is 0.692. The van der Waals surface area contributed by atoms with Crippen molar-refractivity contribution >= 4 is 5.84 Å². The first kappa shape index (κ1) is 9.00. The molecule has 0 bridgehead atoms. The van der Waals surface area contributed by atoms with Gasteiger partial charge >= 0.3 is 0 Å². The van der Waals surface area contributed by atoms with Crippen molar-refractivity contribution in [1.82, 2.24) is 9.80 Å². The lowest BCUT2D eigenvalue weighted by Crippen LogP contribution is -2.61. The Labute approximate surface area is 80.2 Å². The van der Waals surface area contributed by atoms with E-state index in [1.807, 2.05) is 0 Å². The highest BCUT2D eigenvalue weighted by Crippen LogP contribution is 2.20. The highest BCUT2D eigenvalue weighted by atomic mass is 15.3. The highest BCUT2D eigenvalue weighted by Gasteiger charge is 2.32. The molecule has 0 saturated carbocycles. The average molecular weight is 181 g/mol. The van der Waals surface area contributed by atoms with E-state index in [0.717, 1.165) is 25.3 Å². The number of hydrogen-bond donors (Lipinski definition) is 1. The van der Waals surface area contributed by atoms with Gasteiger partial charge in [0.25, 0.3) is 0 Å². The first-order valence-corrected chi connectivity index (χ1v) is 5.37. The van der Waals surface area contributed by atoms with Crippen molar-refractivity contribution in [1.29, 1.82) is 5.41 Å². The maximum absolute atomic E-state index is 7.84. The van der Waals surface area contributed by atoms with Gasteiger partial charge in [0.2, 0.25) is 0 Å². The van der Waals surface area contributed by atoms with Crippen LogP contribution in [0.15, 0.2) is 0 Å². The van der Waals surface area contributed by atoms with Crippen LogP contribution >= 0.6 is 0 Å². The van der Waals surface area contributed by atoms with E-state index in [-0.39, 0.29) is 0 Å². The minimum absolute atomic E-state index is 0.660. The van der Waals surface area contributed by atoms with Crippen molar-refractivity contribution in [3.63, 3.8) is 0 Å². The zero-order valence-corrected chi connectivity index (χ0v) is 8.42. The van der Waals surface area contributed by atoms with Crippen molar-refractivity contribution in [2.75, 3.05) is 26.2 Å². The Kier molecular flexibility index (Phi) is 2.54. The highest BCUT2D eigenvalue weighted by molar-refractivity contribution is 5.80. The zero-order chi connectivity index (χ0) is 9.26. The maximum atomic E-state index is 7.84. The van der Waals surface area contributed by atoms with Crippen LogP contribution < -0.4 is 0 Å². The fourth-order valence-electron chi connectivity index (χ4n) is 2.25. The number of likely N-dealkylation sites (tertiary alicyclic amines) is 2. The number of nitrogens with one attached hydrogen (secondary N) is 1. The molecule has 74 valence electrons. The minimum atomic E-state index is 0.660. The second kappa shape index (κ2) is 3.66. The summed E-state index contributed by atoms with van der Waals surface area (Å²) in [6, 6.07) is 0.660. The molecule has 0 aromatic heterocycles. The van der Waals surface area contributed by atoms with Crippen molar-refractivity contribution in [3.05, 3.63) is 0 Å². The van der Waals surface area contributed by atoms with E-state index in [4.69, 9.17) is 5.41 Å². The number of rotatable bonds is 2. The summed E-state index contributed by atoms with van der Waals surface area (Å²) in [5.74, 6) is 0.881. The van der Waals surface area contributed by atoms with Gasteiger partial charge in [-0.3, -0.25) is 10.3 Å². The number of likely N-dealkylation sites (N-methyl/N-ethyl adjacent to an activating group) is 1. The molecule has 0 aliphatic carbocycles. The van der Waals surface area contributed by atoms with Crippen LogP contribution in [0.3, 0.4) is 0 Å². The topological polar surface area (TPSA) is 30.3 Å². The van der Waals surface area contributed by atoms with Crippen LogP contribution in [0.2, 0.25) is 0 Å². The van der Waals surface area contributed by atoms with Crippen LogP contribution in [-0.2, 0) is 0 Å². The molecule has 0 unspecified atom stereocenters. The van der Waals surface area contributed by atoms with Crippen molar-refractivity contribution in [2.24, 2.45) is 0 Å². The van der Waals surface area contributed by atoms with E-state index in [0.29, 0.717) is 6.04 Å². The predicted octanol–water partition coefficient (Wildman–Crippen LogP) is 1.15. The fourth-order valence-corrected chi connectivity index (χ4v) is 2.25. The Hall–Kier alpha value is -0.570. The number of hydrogen-bond acceptors (Lipinski definition) is 2. The predicted molar refractivity (Wildman–Crippen MR) is 54.2 cm³/mol. The summed E-state index contributed by atoms with van der Waals surface area (Å²) in [7, 11) is 0. The second-order valence-electron chi connectivity index (χ2n) is 4.10. The van der Waals surface area contributed by atoms with Gasteiger partial charge in [-0.1, -0.05) is 6.92 Å². The molecule has 0 aromatic rings. The Balaban J connectivity index is 1.84. The van der Waals surface area contributed by atoms with Crippen molar-refractivity contribution < 1.29 is 0 Å². The van der Waals surface area contributed by atoms with Crippen LogP contribution in [0.1, 0.15) is 26.2 Å². The van der Waals surface area contributed by atoms with E-state index >= 15 is 0 Å². The molecule has 1 N–H and O–H groups in total. The van der Waals surface area contributed by atoms with E-state index in [2.05, 4.69) is 16.7 Å². The van der Waals surface area contributed by atoms with Crippen LogP contribution in [0.4, 0.5) is 0 Å². The Morgan fingerprint density at radius 2 is 2.15 bits per heavy atom. The lowest BCUT2D eigenvalue weighted by molar-refractivity contribution is 0.0717. The summed E-state index contributed by atoms with van der Waals surface area (Å²) in [5.41, 5.74) is 0. The molecule has 0 atom stereocenters. The van der Waals surface area contributed by atoms with E-state index in [1.54, 1.807) is 0 Å². The number of nitrogens with zero attached hydrogens (tertiary/aromatic N) is 2. The van der Waals surface area contributed by atoms with Gasteiger partial charge in [0.05, 0.1) is 11.9 Å². The van der Waals surface area contributed by atoms with E-state index in [1.165, 1.54) is 25.9 Å². The van der Waals surface area contributed by atoms with E-state index in [9.17, 15) is 0 Å². The molecule has 3 heteroatoms. The lowest BCUT2D eigenvalue weighted by atomic mass is 10.0. The molecule has 0 aromatic carbocycles. The summed E-state index contributed by atoms with van der Waals surface area (Å²) < 4.78 is 0. The van der Waals surface area contributed by atoms with Crippen LogP contribution in [-0.4, -0.2) is 47.9 Å². The zero-order valence-electron chi connectivity index (χ0n) is 8.42. The summed E-state index contributed by atoms with van der Waals surface area (Å²) in [6.45, 7) is 6.86. The van der Waals surface area contributed by atoms with Crippen LogP contribution in [0.5, 0.6) is 0 Å². The third-order valence-corrected chi connectivity index (χ3v) is 3.24. The average Bonchev–Trinajstić information content (AvgIpc) is 2.06. The Morgan fingerprint density at radius 3 is 2.77 bits per heavy atom. The monoisotopic (exact) mass is 181 g/mol. The molecule has 0 spiro atoms. The molecule has 13 heavy (non-hydrogen) atoms. The fraction of sp³-hybridized carbons (Fsp3) is 0.900. The normalized spacial score (nSPS) is 26.2. The lowest BCUT2D eigenvalue weighted by Gasteiger charge is -2.47.